The molecule has 142 valence electrons. The number of hydrogen-bond donors (Lipinski definition) is 0. The van der Waals surface area contributed by atoms with E-state index in [0.29, 0.717) is 23.0 Å². The average Bonchev–Trinajstić information content (AvgIpc) is 2.92. The second-order valence-corrected chi connectivity index (χ2v) is 9.43. The lowest BCUT2D eigenvalue weighted by atomic mass is 9.21. The highest BCUT2D eigenvalue weighted by molar-refractivity contribution is 6.63. The van der Waals surface area contributed by atoms with Crippen LogP contribution in [0.25, 0.3) is 0 Å². The first kappa shape index (κ1) is 16.2. The van der Waals surface area contributed by atoms with Crippen LogP contribution < -0.4 is 14.9 Å². The van der Waals surface area contributed by atoms with Gasteiger partial charge >= 0.3 is 13.1 Å². The molecule has 1 aromatic rings. The van der Waals surface area contributed by atoms with Crippen molar-refractivity contribution < 1.29 is 28.3 Å². The second-order valence-electron chi connectivity index (χ2n) is 9.43. The van der Waals surface area contributed by atoms with Crippen LogP contribution in [-0.4, -0.2) is 37.2 Å². The van der Waals surface area contributed by atoms with Crippen LogP contribution in [-0.2, 0) is 14.0 Å². The van der Waals surface area contributed by atoms with Crippen LogP contribution in [0.5, 0.6) is 11.5 Å². The Morgan fingerprint density at radius 3 is 2.56 bits per heavy atom. The minimum Gasteiger partial charge on any atom is -0.496 e. The Bertz CT molecular complexity index is 914. The molecule has 27 heavy (non-hydrogen) atoms. The summed E-state index contributed by atoms with van der Waals surface area (Å²) in [6.45, 7) is 7.96. The van der Waals surface area contributed by atoms with Crippen molar-refractivity contribution in [3.8, 4) is 11.5 Å². The lowest BCUT2D eigenvalue weighted by molar-refractivity contribution is -0.429. The molecule has 7 heteroatoms. The van der Waals surface area contributed by atoms with Gasteiger partial charge in [-0.05, 0) is 37.7 Å². The molecule has 0 aromatic heterocycles. The number of fused-ring (bicyclic) bond motifs is 2. The number of rotatable bonds is 2. The number of carbonyl (C=O) groups is 1. The molecule has 5 atom stereocenters. The molecule has 0 N–H and O–H groups in total. The van der Waals surface area contributed by atoms with Gasteiger partial charge in [-0.1, -0.05) is 13.0 Å². The number of benzene rings is 1. The molecule has 6 rings (SSSR count). The van der Waals surface area contributed by atoms with Crippen molar-refractivity contribution in [2.24, 2.45) is 17.3 Å². The monoisotopic (exact) mass is 370 g/mol. The first-order valence-electron chi connectivity index (χ1n) is 9.66. The number of methoxy groups -OCH3 is 1. The maximum absolute atomic E-state index is 12.6. The summed E-state index contributed by atoms with van der Waals surface area (Å²) in [5.41, 5.74) is 0.785. The lowest BCUT2D eigenvalue weighted by Gasteiger charge is -2.87. The molecule has 1 saturated heterocycles. The van der Waals surface area contributed by atoms with Gasteiger partial charge in [-0.15, -0.1) is 0 Å². The third-order valence-corrected chi connectivity index (χ3v) is 8.14. The molecule has 1 spiro atoms. The van der Waals surface area contributed by atoms with E-state index < -0.39 is 18.9 Å². The van der Waals surface area contributed by atoms with E-state index in [0.717, 1.165) is 17.8 Å². The van der Waals surface area contributed by atoms with Gasteiger partial charge in [0.2, 0.25) is 5.79 Å². The Morgan fingerprint density at radius 1 is 1.15 bits per heavy atom. The lowest BCUT2D eigenvalue weighted by Crippen LogP contribution is -2.92. The molecule has 6 nitrogen and oxygen atoms in total. The molecule has 3 saturated carbocycles. The molecule has 3 aliphatic carbocycles. The van der Waals surface area contributed by atoms with E-state index in [1.165, 1.54) is 13.5 Å². The van der Waals surface area contributed by atoms with Gasteiger partial charge < -0.3 is 23.5 Å². The molecule has 2 aliphatic heterocycles. The van der Waals surface area contributed by atoms with Crippen molar-refractivity contribution in [1.82, 2.24) is 0 Å². The minimum absolute atomic E-state index is 0.213. The Hall–Kier alpha value is -1.73. The van der Waals surface area contributed by atoms with Crippen LogP contribution in [0.3, 0.4) is 0 Å². The van der Waals surface area contributed by atoms with Crippen LogP contribution >= 0.6 is 0 Å². The summed E-state index contributed by atoms with van der Waals surface area (Å²) >= 11 is 0. The number of cyclic esters (lactones) is 1. The molecular weight excluding hydrogens is 347 g/mol. The average molecular weight is 370 g/mol. The van der Waals surface area contributed by atoms with Gasteiger partial charge in [-0.3, -0.25) is 0 Å². The van der Waals surface area contributed by atoms with Crippen LogP contribution in [0, 0.1) is 17.3 Å². The van der Waals surface area contributed by atoms with Crippen molar-refractivity contribution in [3.05, 3.63) is 17.7 Å². The van der Waals surface area contributed by atoms with Crippen molar-refractivity contribution in [1.29, 1.82) is 0 Å². The normalized spacial score (nSPS) is 44.5. The zero-order valence-corrected chi connectivity index (χ0v) is 16.3. The fourth-order valence-corrected chi connectivity index (χ4v) is 6.78. The predicted molar refractivity (Wildman–Crippen MR) is 96.1 cm³/mol. The zero-order chi connectivity index (χ0) is 19.0. The summed E-state index contributed by atoms with van der Waals surface area (Å²) in [5, 5.41) is 0. The van der Waals surface area contributed by atoms with E-state index in [4.69, 9.17) is 23.5 Å². The highest BCUT2D eigenvalue weighted by Gasteiger charge is 2.93. The predicted octanol–water partition coefficient (Wildman–Crippen LogP) is 2.28. The van der Waals surface area contributed by atoms with Crippen LogP contribution in [0.1, 0.15) is 50.9 Å². The number of ether oxygens (including phenoxy) is 3. The van der Waals surface area contributed by atoms with E-state index in [2.05, 4.69) is 13.8 Å². The number of esters is 1. The quantitative estimate of drug-likeness (QED) is 0.588. The summed E-state index contributed by atoms with van der Waals surface area (Å²) in [6, 6.07) is 3.63. The summed E-state index contributed by atoms with van der Waals surface area (Å²) in [4.78, 5) is 12.6. The maximum atomic E-state index is 12.6. The smallest absolute Gasteiger partial charge is 0.496 e. The van der Waals surface area contributed by atoms with Gasteiger partial charge in [0.1, 0.15) is 17.1 Å². The summed E-state index contributed by atoms with van der Waals surface area (Å²) in [6.07, 6.45) is 2.28. The third kappa shape index (κ3) is 1.48. The Kier molecular flexibility index (Phi) is 2.59. The molecule has 0 amide bonds. The van der Waals surface area contributed by atoms with E-state index in [9.17, 15) is 4.79 Å². The van der Waals surface area contributed by atoms with Gasteiger partial charge in [0.25, 0.3) is 0 Å². The topological polar surface area (TPSA) is 63.2 Å². The Morgan fingerprint density at radius 2 is 1.93 bits per heavy atom. The molecule has 5 aliphatic rings. The minimum atomic E-state index is -1.06. The number of hydrogen-bond acceptors (Lipinski definition) is 6. The van der Waals surface area contributed by atoms with Crippen molar-refractivity contribution in [3.63, 3.8) is 0 Å². The van der Waals surface area contributed by atoms with E-state index >= 15 is 0 Å². The molecule has 0 bridgehead atoms. The van der Waals surface area contributed by atoms with E-state index in [1.807, 2.05) is 6.07 Å². The second kappa shape index (κ2) is 4.30. The molecular formula is C20H23BO6. The largest absolute Gasteiger partial charge is 0.498 e. The van der Waals surface area contributed by atoms with Gasteiger partial charge in [-0.2, -0.15) is 0 Å². The Labute approximate surface area is 158 Å². The van der Waals surface area contributed by atoms with Crippen molar-refractivity contribution in [2.45, 2.75) is 57.5 Å². The highest BCUT2D eigenvalue weighted by Crippen LogP contribution is 2.87. The van der Waals surface area contributed by atoms with Gasteiger partial charge in [-0.25, -0.2) is 4.79 Å². The van der Waals surface area contributed by atoms with E-state index in [1.54, 1.807) is 19.9 Å². The Balaban J connectivity index is 1.45. The van der Waals surface area contributed by atoms with E-state index in [-0.39, 0.29) is 16.6 Å². The first-order valence-corrected chi connectivity index (χ1v) is 9.66. The molecule has 0 radical (unpaired) electrons. The number of carbonyl (C=O) groups excluding carboxylic acids is 1. The summed E-state index contributed by atoms with van der Waals surface area (Å²) in [7, 11) is 0.970. The van der Waals surface area contributed by atoms with Gasteiger partial charge in [0, 0.05) is 24.7 Å². The molecule has 4 unspecified atom stereocenters. The van der Waals surface area contributed by atoms with Crippen LogP contribution in [0.4, 0.5) is 0 Å². The van der Waals surface area contributed by atoms with Gasteiger partial charge in [0.15, 0.2) is 0 Å². The van der Waals surface area contributed by atoms with Crippen LogP contribution in [0.2, 0.25) is 0 Å². The summed E-state index contributed by atoms with van der Waals surface area (Å²) < 4.78 is 29.9. The van der Waals surface area contributed by atoms with Crippen LogP contribution in [0.15, 0.2) is 12.1 Å². The fraction of sp³-hybridized carbons (Fsp3) is 0.650. The molecule has 4 fully saturated rings. The third-order valence-electron chi connectivity index (χ3n) is 8.14. The maximum Gasteiger partial charge on any atom is 0.498 e. The highest BCUT2D eigenvalue weighted by atomic mass is 16.7. The first-order chi connectivity index (χ1) is 12.7. The van der Waals surface area contributed by atoms with Crippen molar-refractivity contribution >= 4 is 18.6 Å². The van der Waals surface area contributed by atoms with Gasteiger partial charge in [0.05, 0.1) is 18.3 Å². The summed E-state index contributed by atoms with van der Waals surface area (Å²) in [5.74, 6) is 0.655. The molecule has 2 heterocycles. The molecule has 1 aromatic carbocycles. The fourth-order valence-electron chi connectivity index (χ4n) is 6.78. The standard InChI is InChI=1S/C20H23BO6/c1-17(2)24-15-11(6-7-12(23-5)14(15)16(22)25-17)21-26-19(4)13-8-10-9-20(19,27-21)18(10,13)3/h6-7,10,13H,8-9H2,1-5H3/t10?,13?,18?,19-,20?/m0/s1. The van der Waals surface area contributed by atoms with Crippen molar-refractivity contribution in [2.75, 3.05) is 7.11 Å². The zero-order valence-electron chi connectivity index (χ0n) is 16.3. The SMILES string of the molecule is COc1ccc(B2OC34CC5CC(C53C)[C@]4(C)O2)c2c1C(=O)OC(C)(C)O2.